The number of thiophene rings is 1. The van der Waals surface area contributed by atoms with Crippen LogP contribution in [0.5, 0.6) is 0 Å². The largest absolute Gasteiger partial charge is 0.417 e. The van der Waals surface area contributed by atoms with Crippen LogP contribution >= 0.6 is 11.3 Å². The molecule has 0 aliphatic carbocycles. The van der Waals surface area contributed by atoms with E-state index in [4.69, 9.17) is 5.26 Å². The average Bonchev–Trinajstić information content (AvgIpc) is 3.41. The highest BCUT2D eigenvalue weighted by molar-refractivity contribution is 7.08. The van der Waals surface area contributed by atoms with Gasteiger partial charge in [-0.1, -0.05) is 0 Å². The van der Waals surface area contributed by atoms with Crippen molar-refractivity contribution < 1.29 is 23.1 Å². The number of amides is 1. The topological polar surface area (TPSA) is 67.6 Å². The van der Waals surface area contributed by atoms with Crippen LogP contribution in [0.2, 0.25) is 0 Å². The van der Waals surface area contributed by atoms with Gasteiger partial charge in [-0.2, -0.15) is 29.8 Å². The summed E-state index contributed by atoms with van der Waals surface area (Å²) in [4.78, 5) is 16.3. The zero-order valence-corrected chi connectivity index (χ0v) is 17.5. The number of rotatable bonds is 3. The van der Waals surface area contributed by atoms with E-state index in [1.807, 2.05) is 20.6 Å². The third kappa shape index (κ3) is 4.02. The van der Waals surface area contributed by atoms with Gasteiger partial charge in [0.15, 0.2) is 0 Å². The number of piperidine rings is 1. The van der Waals surface area contributed by atoms with Gasteiger partial charge in [0, 0.05) is 49.8 Å². The van der Waals surface area contributed by atoms with Crippen LogP contribution in [-0.4, -0.2) is 48.7 Å². The second-order valence-electron chi connectivity index (χ2n) is 8.27. The summed E-state index contributed by atoms with van der Waals surface area (Å²) in [6.07, 6.45) is -3.23. The van der Waals surface area contributed by atoms with E-state index in [0.717, 1.165) is 6.07 Å². The molecule has 0 bridgehead atoms. The van der Waals surface area contributed by atoms with Crippen LogP contribution in [0.4, 0.5) is 18.9 Å². The van der Waals surface area contributed by atoms with Crippen LogP contribution in [0.1, 0.15) is 34.3 Å². The lowest BCUT2D eigenvalue weighted by Crippen LogP contribution is -2.47. The van der Waals surface area contributed by atoms with Crippen LogP contribution in [0.15, 0.2) is 35.0 Å². The van der Waals surface area contributed by atoms with E-state index in [2.05, 4.69) is 0 Å². The third-order valence-corrected chi connectivity index (χ3v) is 7.32. The highest BCUT2D eigenvalue weighted by atomic mass is 32.1. The first-order chi connectivity index (χ1) is 14.8. The Morgan fingerprint density at radius 3 is 2.61 bits per heavy atom. The maximum absolute atomic E-state index is 13.4. The molecule has 3 heterocycles. The van der Waals surface area contributed by atoms with Gasteiger partial charge in [-0.25, -0.2) is 0 Å². The second kappa shape index (κ2) is 8.17. The van der Waals surface area contributed by atoms with Gasteiger partial charge in [-0.05, 0) is 47.9 Å². The Hall–Kier alpha value is -2.57. The zero-order chi connectivity index (χ0) is 22.2. The average molecular weight is 449 g/mol. The number of benzene rings is 1. The molecule has 9 heteroatoms. The molecule has 2 fully saturated rings. The second-order valence-corrected chi connectivity index (χ2v) is 9.05. The predicted octanol–water partition coefficient (Wildman–Crippen LogP) is 3.99. The minimum atomic E-state index is -4.61. The summed E-state index contributed by atoms with van der Waals surface area (Å²) >= 11 is 1.47. The van der Waals surface area contributed by atoms with Gasteiger partial charge in [0.1, 0.15) is 0 Å². The molecule has 1 unspecified atom stereocenters. The molecule has 0 saturated carbocycles. The van der Waals surface area contributed by atoms with E-state index in [0.29, 0.717) is 50.3 Å². The maximum atomic E-state index is 13.4. The first-order valence-corrected chi connectivity index (χ1v) is 11.0. The molecule has 1 amide bonds. The lowest BCUT2D eigenvalue weighted by Gasteiger charge is -2.42. The SMILES string of the molecule is N#Cc1ccc(N2CC(CO)C3(CCN(C(=O)c4ccsc4)CC3)C2)cc1C(F)(F)F. The summed E-state index contributed by atoms with van der Waals surface area (Å²) in [7, 11) is 0. The minimum Gasteiger partial charge on any atom is -0.396 e. The van der Waals surface area contributed by atoms with E-state index >= 15 is 0 Å². The number of likely N-dealkylation sites (tertiary alicyclic amines) is 1. The fourth-order valence-electron chi connectivity index (χ4n) is 4.83. The quantitative estimate of drug-likeness (QED) is 0.770. The van der Waals surface area contributed by atoms with Crippen LogP contribution in [-0.2, 0) is 6.18 Å². The standard InChI is InChI=1S/C22H22F3N3O2S/c23-22(24,25)19-9-18(2-1-15(19)10-26)28-11-17(12-29)21(14-28)4-6-27(7-5-21)20(30)16-3-8-31-13-16/h1-3,8-9,13,17,29H,4-7,11-12,14H2. The molecule has 1 N–H and O–H groups in total. The van der Waals surface area contributed by atoms with Gasteiger partial charge in [-0.15, -0.1) is 0 Å². The normalized spacial score (nSPS) is 20.8. The number of carbonyl (C=O) groups is 1. The van der Waals surface area contributed by atoms with Gasteiger partial charge in [0.2, 0.25) is 0 Å². The Morgan fingerprint density at radius 2 is 2.03 bits per heavy atom. The van der Waals surface area contributed by atoms with Crippen LogP contribution in [0.25, 0.3) is 0 Å². The lowest BCUT2D eigenvalue weighted by molar-refractivity contribution is -0.137. The fourth-order valence-corrected chi connectivity index (χ4v) is 5.46. The number of hydrogen-bond acceptors (Lipinski definition) is 5. The minimum absolute atomic E-state index is 0.00610. The van der Waals surface area contributed by atoms with Gasteiger partial charge >= 0.3 is 6.18 Å². The number of aliphatic hydroxyl groups excluding tert-OH is 1. The van der Waals surface area contributed by atoms with Crippen molar-refractivity contribution in [2.24, 2.45) is 11.3 Å². The van der Waals surface area contributed by atoms with Crippen LogP contribution < -0.4 is 4.90 Å². The summed E-state index contributed by atoms with van der Waals surface area (Å²) < 4.78 is 40.1. The zero-order valence-electron chi connectivity index (χ0n) is 16.7. The van der Waals surface area contributed by atoms with Crippen molar-refractivity contribution in [2.75, 3.05) is 37.7 Å². The number of carbonyl (C=O) groups excluding carboxylic acids is 1. The Morgan fingerprint density at radius 1 is 1.29 bits per heavy atom. The van der Waals surface area contributed by atoms with Crippen molar-refractivity contribution in [3.05, 3.63) is 51.7 Å². The molecule has 2 saturated heterocycles. The van der Waals surface area contributed by atoms with Crippen molar-refractivity contribution in [3.63, 3.8) is 0 Å². The van der Waals surface area contributed by atoms with Gasteiger partial charge in [0.25, 0.3) is 5.91 Å². The molecule has 1 aromatic heterocycles. The number of anilines is 1. The van der Waals surface area contributed by atoms with Crippen molar-refractivity contribution in [1.82, 2.24) is 4.90 Å². The Bertz CT molecular complexity index is 992. The molecule has 0 radical (unpaired) electrons. The summed E-state index contributed by atoms with van der Waals surface area (Å²) in [5.74, 6) is -0.0932. The molecule has 1 atom stereocenters. The third-order valence-electron chi connectivity index (χ3n) is 6.64. The Balaban J connectivity index is 1.52. The molecule has 164 valence electrons. The molecule has 1 aromatic carbocycles. The first kappa shape index (κ1) is 21.7. The number of halogens is 3. The van der Waals surface area contributed by atoms with Crippen molar-refractivity contribution >= 4 is 22.9 Å². The summed E-state index contributed by atoms with van der Waals surface area (Å²) in [5.41, 5.74) is -0.523. The van der Waals surface area contributed by atoms with E-state index in [9.17, 15) is 23.1 Å². The number of aliphatic hydroxyl groups is 1. The molecule has 5 nitrogen and oxygen atoms in total. The monoisotopic (exact) mass is 449 g/mol. The molecule has 2 aromatic rings. The fraction of sp³-hybridized carbons (Fsp3) is 0.455. The number of nitrogens with zero attached hydrogens (tertiary/aromatic N) is 3. The molecule has 1 spiro atoms. The maximum Gasteiger partial charge on any atom is 0.417 e. The molecule has 2 aliphatic rings. The Kier molecular flexibility index (Phi) is 5.71. The summed E-state index contributed by atoms with van der Waals surface area (Å²) in [5, 5.41) is 22.7. The predicted molar refractivity (Wildman–Crippen MR) is 111 cm³/mol. The first-order valence-electron chi connectivity index (χ1n) is 10.1. The molecular weight excluding hydrogens is 427 g/mol. The smallest absolute Gasteiger partial charge is 0.396 e. The van der Waals surface area contributed by atoms with Crippen LogP contribution in [0, 0.1) is 22.7 Å². The van der Waals surface area contributed by atoms with E-state index in [1.54, 1.807) is 12.1 Å². The van der Waals surface area contributed by atoms with Crippen molar-refractivity contribution in [3.8, 4) is 6.07 Å². The van der Waals surface area contributed by atoms with Gasteiger partial charge in [-0.3, -0.25) is 4.79 Å². The number of hydrogen-bond donors (Lipinski definition) is 1. The summed E-state index contributed by atoms with van der Waals surface area (Å²) in [6, 6.07) is 7.18. The summed E-state index contributed by atoms with van der Waals surface area (Å²) in [6.45, 7) is 2.01. The van der Waals surface area contributed by atoms with Crippen molar-refractivity contribution in [2.45, 2.75) is 19.0 Å². The van der Waals surface area contributed by atoms with E-state index in [1.165, 1.54) is 23.5 Å². The lowest BCUT2D eigenvalue weighted by atomic mass is 9.71. The molecule has 2 aliphatic heterocycles. The molecule has 31 heavy (non-hydrogen) atoms. The van der Waals surface area contributed by atoms with Crippen molar-refractivity contribution in [1.29, 1.82) is 5.26 Å². The highest BCUT2D eigenvalue weighted by Gasteiger charge is 2.48. The number of nitriles is 1. The van der Waals surface area contributed by atoms with Gasteiger partial charge in [0.05, 0.1) is 22.8 Å². The van der Waals surface area contributed by atoms with E-state index in [-0.39, 0.29) is 23.8 Å². The number of alkyl halides is 3. The van der Waals surface area contributed by atoms with Crippen LogP contribution in [0.3, 0.4) is 0 Å². The molecular formula is C22H22F3N3O2S. The highest BCUT2D eigenvalue weighted by Crippen LogP contribution is 2.46. The molecule has 4 rings (SSSR count). The van der Waals surface area contributed by atoms with Gasteiger partial charge < -0.3 is 14.9 Å². The van der Waals surface area contributed by atoms with E-state index < -0.39 is 17.3 Å². The Labute approximate surface area is 182 Å².